The molecule has 1 aromatic rings. The average Bonchev–Trinajstić information content (AvgIpc) is 3.43. The first-order valence-electron chi connectivity index (χ1n) is 8.26. The molecule has 0 spiro atoms. The minimum absolute atomic E-state index is 0.0270. The molecule has 0 unspecified atom stereocenters. The Bertz CT molecular complexity index is 699. The highest BCUT2D eigenvalue weighted by atomic mass is 32.2. The maximum atomic E-state index is 12.4. The van der Waals surface area contributed by atoms with Gasteiger partial charge in [0.15, 0.2) is 0 Å². The number of pyridine rings is 1. The van der Waals surface area contributed by atoms with Crippen LogP contribution in [0.4, 0.5) is 0 Å². The number of amides is 1. The second-order valence-corrected chi connectivity index (χ2v) is 8.87. The fourth-order valence-electron chi connectivity index (χ4n) is 3.49. The molecule has 23 heavy (non-hydrogen) atoms. The third kappa shape index (κ3) is 2.99. The van der Waals surface area contributed by atoms with Crippen molar-refractivity contribution in [2.24, 2.45) is 5.92 Å². The SMILES string of the molecule is O=C1C[C@@H](CNS(=O)(=O)C2CC2)[C@H](c2cccnc2)N1C1CC1. The zero-order chi connectivity index (χ0) is 16.0. The molecule has 0 radical (unpaired) electrons. The summed E-state index contributed by atoms with van der Waals surface area (Å²) in [5.74, 6) is 0.109. The molecule has 2 aliphatic carbocycles. The van der Waals surface area contributed by atoms with Crippen molar-refractivity contribution in [1.29, 1.82) is 0 Å². The van der Waals surface area contributed by atoms with E-state index in [1.165, 1.54) is 0 Å². The summed E-state index contributed by atoms with van der Waals surface area (Å²) in [5.41, 5.74) is 1.00. The van der Waals surface area contributed by atoms with Gasteiger partial charge in [0.2, 0.25) is 15.9 Å². The minimum atomic E-state index is -3.22. The molecule has 1 amide bonds. The molecule has 1 saturated heterocycles. The van der Waals surface area contributed by atoms with Gasteiger partial charge in [-0.3, -0.25) is 9.78 Å². The maximum Gasteiger partial charge on any atom is 0.223 e. The molecule has 1 aliphatic heterocycles. The zero-order valence-electron chi connectivity index (χ0n) is 12.9. The average molecular weight is 335 g/mol. The standard InChI is InChI=1S/C16H21N3O3S/c20-15-8-12(10-18-23(21,22)14-5-6-14)16(19(15)13-3-4-13)11-2-1-7-17-9-11/h1-2,7,9,12-14,16,18H,3-6,8,10H2/t12-,16-/m0/s1. The topological polar surface area (TPSA) is 79.4 Å². The molecular weight excluding hydrogens is 314 g/mol. The van der Waals surface area contributed by atoms with Crippen molar-refractivity contribution < 1.29 is 13.2 Å². The normalized spacial score (nSPS) is 28.3. The van der Waals surface area contributed by atoms with E-state index in [1.54, 1.807) is 12.4 Å². The van der Waals surface area contributed by atoms with Crippen LogP contribution in [0.1, 0.15) is 43.7 Å². The van der Waals surface area contributed by atoms with Crippen LogP contribution in [0.3, 0.4) is 0 Å². The molecule has 3 aliphatic rings. The lowest BCUT2D eigenvalue weighted by Crippen LogP contribution is -2.36. The van der Waals surface area contributed by atoms with Crippen LogP contribution in [-0.2, 0) is 14.8 Å². The van der Waals surface area contributed by atoms with Crippen LogP contribution >= 0.6 is 0 Å². The van der Waals surface area contributed by atoms with Crippen LogP contribution in [0.15, 0.2) is 24.5 Å². The van der Waals surface area contributed by atoms with E-state index in [2.05, 4.69) is 9.71 Å². The molecule has 2 saturated carbocycles. The molecule has 0 aromatic carbocycles. The van der Waals surface area contributed by atoms with Crippen molar-refractivity contribution in [2.75, 3.05) is 6.54 Å². The Morgan fingerprint density at radius 1 is 1.26 bits per heavy atom. The van der Waals surface area contributed by atoms with E-state index in [-0.39, 0.29) is 23.1 Å². The number of hydrogen-bond acceptors (Lipinski definition) is 4. The smallest absolute Gasteiger partial charge is 0.223 e. The van der Waals surface area contributed by atoms with E-state index in [0.29, 0.717) is 19.0 Å². The van der Waals surface area contributed by atoms with Crippen LogP contribution in [0.2, 0.25) is 0 Å². The quantitative estimate of drug-likeness (QED) is 0.847. The number of sulfonamides is 1. The zero-order valence-corrected chi connectivity index (χ0v) is 13.7. The molecule has 2 atom stereocenters. The lowest BCUT2D eigenvalue weighted by molar-refractivity contribution is -0.129. The predicted molar refractivity (Wildman–Crippen MR) is 84.9 cm³/mol. The largest absolute Gasteiger partial charge is 0.332 e. The van der Waals surface area contributed by atoms with E-state index in [9.17, 15) is 13.2 Å². The molecule has 7 heteroatoms. The van der Waals surface area contributed by atoms with Gasteiger partial charge >= 0.3 is 0 Å². The van der Waals surface area contributed by atoms with Gasteiger partial charge in [0.05, 0.1) is 11.3 Å². The van der Waals surface area contributed by atoms with Crippen LogP contribution < -0.4 is 4.72 Å². The Hall–Kier alpha value is -1.47. The summed E-state index contributed by atoms with van der Waals surface area (Å²) in [4.78, 5) is 18.6. The van der Waals surface area contributed by atoms with Crippen molar-refractivity contribution in [3.05, 3.63) is 30.1 Å². The number of carbonyl (C=O) groups excluding carboxylic acids is 1. The number of carbonyl (C=O) groups is 1. The number of nitrogens with zero attached hydrogens (tertiary/aromatic N) is 2. The van der Waals surface area contributed by atoms with E-state index in [1.807, 2.05) is 17.0 Å². The summed E-state index contributed by atoms with van der Waals surface area (Å²) in [6.45, 7) is 0.327. The van der Waals surface area contributed by atoms with Crippen LogP contribution in [0.5, 0.6) is 0 Å². The number of aromatic nitrogens is 1. The summed E-state index contributed by atoms with van der Waals surface area (Å²) in [5, 5.41) is -0.226. The van der Waals surface area contributed by atoms with Crippen molar-refractivity contribution in [3.63, 3.8) is 0 Å². The lowest BCUT2D eigenvalue weighted by atomic mass is 9.95. The molecule has 0 bridgehead atoms. The molecule has 1 N–H and O–H groups in total. The molecule has 124 valence electrons. The number of rotatable bonds is 6. The highest BCUT2D eigenvalue weighted by Gasteiger charge is 2.47. The number of likely N-dealkylation sites (tertiary alicyclic amines) is 1. The van der Waals surface area contributed by atoms with Gasteiger partial charge in [-0.05, 0) is 37.3 Å². The van der Waals surface area contributed by atoms with Gasteiger partial charge in [-0.15, -0.1) is 0 Å². The molecule has 6 nitrogen and oxygen atoms in total. The summed E-state index contributed by atoms with van der Waals surface area (Å²) >= 11 is 0. The first-order valence-corrected chi connectivity index (χ1v) is 9.80. The van der Waals surface area contributed by atoms with E-state index >= 15 is 0 Å². The van der Waals surface area contributed by atoms with Crippen molar-refractivity contribution in [2.45, 2.75) is 49.4 Å². The number of nitrogens with one attached hydrogen (secondary N) is 1. The van der Waals surface area contributed by atoms with Crippen molar-refractivity contribution in [1.82, 2.24) is 14.6 Å². The summed E-state index contributed by atoms with van der Waals surface area (Å²) in [7, 11) is -3.22. The molecule has 4 rings (SSSR count). The summed E-state index contributed by atoms with van der Waals surface area (Å²) in [6, 6.07) is 4.10. The van der Waals surface area contributed by atoms with Gasteiger partial charge in [0.25, 0.3) is 0 Å². The van der Waals surface area contributed by atoms with Crippen LogP contribution in [0, 0.1) is 5.92 Å². The van der Waals surface area contributed by atoms with Crippen molar-refractivity contribution >= 4 is 15.9 Å². The molecule has 1 aromatic heterocycles. The third-order valence-electron chi connectivity index (χ3n) is 4.95. The van der Waals surface area contributed by atoms with Gasteiger partial charge in [-0.2, -0.15) is 0 Å². The van der Waals surface area contributed by atoms with Crippen molar-refractivity contribution in [3.8, 4) is 0 Å². The van der Waals surface area contributed by atoms with Crippen LogP contribution in [-0.4, -0.2) is 42.0 Å². The first-order chi connectivity index (χ1) is 11.1. The third-order valence-corrected chi connectivity index (χ3v) is 6.87. The molecule has 3 fully saturated rings. The monoisotopic (exact) mass is 335 g/mol. The Kier molecular flexibility index (Phi) is 3.65. The number of hydrogen-bond donors (Lipinski definition) is 1. The lowest BCUT2D eigenvalue weighted by Gasteiger charge is -2.28. The van der Waals surface area contributed by atoms with Gasteiger partial charge in [0.1, 0.15) is 0 Å². The Morgan fingerprint density at radius 2 is 2.04 bits per heavy atom. The van der Waals surface area contributed by atoms with Gasteiger partial charge in [-0.1, -0.05) is 6.07 Å². The summed E-state index contributed by atoms with van der Waals surface area (Å²) in [6.07, 6.45) is 7.50. The Labute approximate surface area is 136 Å². The molecular formula is C16H21N3O3S. The fraction of sp³-hybridized carbons (Fsp3) is 0.625. The van der Waals surface area contributed by atoms with E-state index in [0.717, 1.165) is 31.2 Å². The minimum Gasteiger partial charge on any atom is -0.332 e. The highest BCUT2D eigenvalue weighted by Crippen LogP contribution is 2.44. The second-order valence-electron chi connectivity index (χ2n) is 6.82. The van der Waals surface area contributed by atoms with Gasteiger partial charge in [-0.25, -0.2) is 13.1 Å². The first kappa shape index (κ1) is 15.1. The highest BCUT2D eigenvalue weighted by molar-refractivity contribution is 7.90. The second kappa shape index (κ2) is 5.56. The van der Waals surface area contributed by atoms with E-state index < -0.39 is 10.0 Å². The Balaban J connectivity index is 1.55. The predicted octanol–water partition coefficient (Wildman–Crippen LogP) is 1.22. The van der Waals surface area contributed by atoms with Gasteiger partial charge < -0.3 is 4.90 Å². The van der Waals surface area contributed by atoms with E-state index in [4.69, 9.17) is 0 Å². The molecule has 2 heterocycles. The maximum absolute atomic E-state index is 12.4. The summed E-state index contributed by atoms with van der Waals surface area (Å²) < 4.78 is 26.9. The van der Waals surface area contributed by atoms with Crippen LogP contribution in [0.25, 0.3) is 0 Å². The Morgan fingerprint density at radius 3 is 2.65 bits per heavy atom. The van der Waals surface area contributed by atoms with Gasteiger partial charge in [0, 0.05) is 37.3 Å². The fourth-order valence-corrected chi connectivity index (χ4v) is 4.93.